The lowest BCUT2D eigenvalue weighted by molar-refractivity contribution is -0.142. The Morgan fingerprint density at radius 1 is 1.14 bits per heavy atom. The molecule has 1 aliphatic heterocycles. The van der Waals surface area contributed by atoms with E-state index in [2.05, 4.69) is 15.6 Å². The summed E-state index contributed by atoms with van der Waals surface area (Å²) in [6.45, 7) is 2.79. The van der Waals surface area contributed by atoms with Gasteiger partial charge in [-0.15, -0.1) is 0 Å². The summed E-state index contributed by atoms with van der Waals surface area (Å²) in [5.74, 6) is -1.05. The lowest BCUT2D eigenvalue weighted by atomic mass is 9.86. The van der Waals surface area contributed by atoms with Crippen LogP contribution in [0.5, 0.6) is 0 Å². The largest absolute Gasteiger partial charge is 0.481 e. The van der Waals surface area contributed by atoms with Crippen LogP contribution in [-0.4, -0.2) is 54.4 Å². The predicted molar refractivity (Wildman–Crippen MR) is 103 cm³/mol. The minimum atomic E-state index is -0.750. The van der Waals surface area contributed by atoms with Crippen molar-refractivity contribution in [3.63, 3.8) is 0 Å². The molecule has 28 heavy (non-hydrogen) atoms. The van der Waals surface area contributed by atoms with Crippen molar-refractivity contribution in [1.29, 1.82) is 0 Å². The highest BCUT2D eigenvalue weighted by Gasteiger charge is 2.26. The normalized spacial score (nSPS) is 22.8. The van der Waals surface area contributed by atoms with Gasteiger partial charge in [-0.2, -0.15) is 4.98 Å². The molecule has 0 atom stereocenters. The molecule has 0 radical (unpaired) electrons. The van der Waals surface area contributed by atoms with E-state index in [1.165, 1.54) is 0 Å². The summed E-state index contributed by atoms with van der Waals surface area (Å²) in [6.07, 6.45) is 2.53. The number of morpholine rings is 1. The second-order valence-corrected chi connectivity index (χ2v) is 7.26. The van der Waals surface area contributed by atoms with E-state index in [0.717, 1.165) is 18.6 Å². The Bertz CT molecular complexity index is 853. The van der Waals surface area contributed by atoms with Gasteiger partial charge in [-0.25, -0.2) is 4.79 Å². The first-order chi connectivity index (χ1) is 13.6. The van der Waals surface area contributed by atoms with Crippen molar-refractivity contribution in [2.75, 3.05) is 36.5 Å². The number of hydrogen-bond donors (Lipinski definition) is 3. The van der Waals surface area contributed by atoms with E-state index in [1.807, 2.05) is 11.0 Å². The van der Waals surface area contributed by atoms with E-state index in [-0.39, 0.29) is 18.0 Å². The third kappa shape index (κ3) is 4.19. The van der Waals surface area contributed by atoms with Crippen LogP contribution in [-0.2, 0) is 9.53 Å². The molecule has 150 valence electrons. The first-order valence-corrected chi connectivity index (χ1v) is 9.62. The van der Waals surface area contributed by atoms with E-state index in [4.69, 9.17) is 14.3 Å². The Labute approximate surface area is 162 Å². The molecular formula is C19H24N4O5. The number of ether oxygens (including phenoxy) is 1. The predicted octanol–water partition coefficient (Wildman–Crippen LogP) is 2.43. The smallest absolute Gasteiger partial charge is 0.319 e. The second kappa shape index (κ2) is 8.05. The summed E-state index contributed by atoms with van der Waals surface area (Å²) in [6, 6.07) is 5.62. The van der Waals surface area contributed by atoms with Gasteiger partial charge < -0.3 is 29.8 Å². The molecule has 1 aromatic carbocycles. The lowest BCUT2D eigenvalue weighted by Crippen LogP contribution is -2.40. The Kier molecular flexibility index (Phi) is 5.34. The highest BCUT2D eigenvalue weighted by Crippen LogP contribution is 2.26. The number of benzene rings is 1. The first kappa shape index (κ1) is 18.5. The fourth-order valence-corrected chi connectivity index (χ4v) is 3.72. The van der Waals surface area contributed by atoms with Crippen molar-refractivity contribution in [2.24, 2.45) is 5.92 Å². The van der Waals surface area contributed by atoms with Gasteiger partial charge >= 0.3 is 12.0 Å². The average Bonchev–Trinajstić information content (AvgIpc) is 3.12. The van der Waals surface area contributed by atoms with Crippen molar-refractivity contribution in [1.82, 2.24) is 10.3 Å². The van der Waals surface area contributed by atoms with Gasteiger partial charge in [0.05, 0.1) is 19.1 Å². The molecule has 9 nitrogen and oxygen atoms in total. The van der Waals surface area contributed by atoms with E-state index in [1.54, 1.807) is 12.1 Å². The van der Waals surface area contributed by atoms with Gasteiger partial charge in [-0.3, -0.25) is 4.79 Å². The summed E-state index contributed by atoms with van der Waals surface area (Å²) in [5, 5.41) is 14.8. The molecule has 2 aliphatic rings. The fraction of sp³-hybridized carbons (Fsp3) is 0.526. The number of rotatable bonds is 4. The number of fused-ring (bicyclic) bond motifs is 1. The zero-order chi connectivity index (χ0) is 19.5. The maximum atomic E-state index is 12.3. The number of anilines is 2. The summed E-state index contributed by atoms with van der Waals surface area (Å²) in [5.41, 5.74) is 1.97. The Balaban J connectivity index is 1.35. The maximum absolute atomic E-state index is 12.3. The zero-order valence-electron chi connectivity index (χ0n) is 15.5. The summed E-state index contributed by atoms with van der Waals surface area (Å²) >= 11 is 0. The van der Waals surface area contributed by atoms with Crippen LogP contribution >= 0.6 is 0 Å². The van der Waals surface area contributed by atoms with Crippen molar-refractivity contribution in [3.05, 3.63) is 18.2 Å². The maximum Gasteiger partial charge on any atom is 0.319 e. The minimum absolute atomic E-state index is 0.00228. The number of carbonyl (C=O) groups excluding carboxylic acids is 1. The van der Waals surface area contributed by atoms with Gasteiger partial charge in [0.25, 0.3) is 6.01 Å². The molecule has 3 N–H and O–H groups in total. The van der Waals surface area contributed by atoms with E-state index in [9.17, 15) is 9.59 Å². The lowest BCUT2D eigenvalue weighted by Gasteiger charge is -2.26. The van der Waals surface area contributed by atoms with Crippen molar-refractivity contribution < 1.29 is 23.8 Å². The standard InChI is InChI=1S/C19H24N4O5/c24-17(25)12-1-3-13(4-2-12)20-18(26)21-14-5-6-15-16(11-14)28-19(22-15)23-7-9-27-10-8-23/h5-6,11-13H,1-4,7-10H2,(H,24,25)(H2,20,21,26). The third-order valence-electron chi connectivity index (χ3n) is 5.33. The van der Waals surface area contributed by atoms with Gasteiger partial charge in [0.1, 0.15) is 5.52 Å². The fourth-order valence-electron chi connectivity index (χ4n) is 3.72. The first-order valence-electron chi connectivity index (χ1n) is 9.62. The van der Waals surface area contributed by atoms with Crippen LogP contribution in [0.3, 0.4) is 0 Å². The molecule has 2 fully saturated rings. The van der Waals surface area contributed by atoms with Gasteiger partial charge in [0.2, 0.25) is 0 Å². The monoisotopic (exact) mass is 388 g/mol. The van der Waals surface area contributed by atoms with E-state index >= 15 is 0 Å². The number of hydrogen-bond acceptors (Lipinski definition) is 6. The van der Waals surface area contributed by atoms with E-state index < -0.39 is 5.97 Å². The van der Waals surface area contributed by atoms with Gasteiger partial charge in [-0.05, 0) is 37.8 Å². The van der Waals surface area contributed by atoms with Crippen molar-refractivity contribution in [2.45, 2.75) is 31.7 Å². The molecule has 9 heteroatoms. The number of amides is 2. The van der Waals surface area contributed by atoms with E-state index in [0.29, 0.717) is 56.2 Å². The summed E-state index contributed by atoms with van der Waals surface area (Å²) < 4.78 is 11.2. The van der Waals surface area contributed by atoms with Crippen LogP contribution in [0.2, 0.25) is 0 Å². The molecule has 0 spiro atoms. The van der Waals surface area contributed by atoms with Crippen molar-refractivity contribution in [3.8, 4) is 0 Å². The quantitative estimate of drug-likeness (QED) is 0.736. The molecule has 2 heterocycles. The second-order valence-electron chi connectivity index (χ2n) is 7.26. The summed E-state index contributed by atoms with van der Waals surface area (Å²) in [4.78, 5) is 29.8. The van der Waals surface area contributed by atoms with Gasteiger partial charge in [-0.1, -0.05) is 0 Å². The van der Waals surface area contributed by atoms with Crippen LogP contribution in [0.1, 0.15) is 25.7 Å². The van der Waals surface area contributed by atoms with Crippen LogP contribution in [0, 0.1) is 5.92 Å². The number of carbonyl (C=O) groups is 2. The molecule has 0 bridgehead atoms. The molecule has 2 aromatic rings. The van der Waals surface area contributed by atoms with Gasteiger partial charge in [0.15, 0.2) is 5.58 Å². The number of aromatic nitrogens is 1. The molecule has 0 unspecified atom stereocenters. The SMILES string of the molecule is O=C(Nc1ccc2nc(N3CCOCC3)oc2c1)NC1CCC(C(=O)O)CC1. The Morgan fingerprint density at radius 3 is 2.61 bits per heavy atom. The molecule has 2 amide bonds. The van der Waals surface area contributed by atoms with Crippen LogP contribution in [0.15, 0.2) is 22.6 Å². The van der Waals surface area contributed by atoms with Crippen LogP contribution < -0.4 is 15.5 Å². The molecule has 1 saturated heterocycles. The van der Waals surface area contributed by atoms with Gasteiger partial charge in [0, 0.05) is 30.9 Å². The van der Waals surface area contributed by atoms with Crippen LogP contribution in [0.4, 0.5) is 16.5 Å². The Morgan fingerprint density at radius 2 is 1.89 bits per heavy atom. The molecule has 1 saturated carbocycles. The summed E-state index contributed by atoms with van der Waals surface area (Å²) in [7, 11) is 0. The number of urea groups is 1. The number of oxazole rings is 1. The van der Waals surface area contributed by atoms with Crippen LogP contribution in [0.25, 0.3) is 11.1 Å². The average molecular weight is 388 g/mol. The zero-order valence-corrected chi connectivity index (χ0v) is 15.5. The minimum Gasteiger partial charge on any atom is -0.481 e. The number of carboxylic acids is 1. The topological polar surface area (TPSA) is 117 Å². The Hall–Kier alpha value is -2.81. The molecule has 1 aliphatic carbocycles. The molecule has 1 aromatic heterocycles. The molecular weight excluding hydrogens is 364 g/mol. The number of carboxylic acid groups (broad SMARTS) is 1. The highest BCUT2D eigenvalue weighted by molar-refractivity contribution is 5.92. The third-order valence-corrected chi connectivity index (χ3v) is 5.33. The van der Waals surface area contributed by atoms with Crippen molar-refractivity contribution >= 4 is 34.8 Å². The molecule has 4 rings (SSSR count). The number of nitrogens with one attached hydrogen (secondary N) is 2. The number of aliphatic carboxylic acids is 1. The number of nitrogens with zero attached hydrogens (tertiary/aromatic N) is 2. The highest BCUT2D eigenvalue weighted by atomic mass is 16.5.